The first-order chi connectivity index (χ1) is 9.51. The maximum absolute atomic E-state index is 11.7. The molecular weight excluding hydrogens is 276 g/mol. The molecule has 0 bridgehead atoms. The van der Waals surface area contributed by atoms with Crippen LogP contribution in [0, 0.1) is 0 Å². The molecule has 0 radical (unpaired) electrons. The molecule has 0 aromatic rings. The van der Waals surface area contributed by atoms with Crippen LogP contribution in [0.2, 0.25) is 0 Å². The second kappa shape index (κ2) is 6.73. The largest absolute Gasteiger partial charge is 0.377 e. The first kappa shape index (κ1) is 16.2. The van der Waals surface area contributed by atoms with Gasteiger partial charge in [0.05, 0.1) is 17.6 Å². The molecular formula is C14H28N2O3S. The Morgan fingerprint density at radius 3 is 2.65 bits per heavy atom. The summed E-state index contributed by atoms with van der Waals surface area (Å²) in [6, 6.07) is 0. The molecule has 20 heavy (non-hydrogen) atoms. The van der Waals surface area contributed by atoms with Gasteiger partial charge in [-0.2, -0.15) is 0 Å². The zero-order valence-electron chi connectivity index (χ0n) is 12.5. The van der Waals surface area contributed by atoms with Crippen LogP contribution in [0.1, 0.15) is 39.0 Å². The van der Waals surface area contributed by atoms with Crippen molar-refractivity contribution in [2.24, 2.45) is 5.73 Å². The lowest BCUT2D eigenvalue weighted by Gasteiger charge is -2.48. The molecule has 2 aliphatic heterocycles. The van der Waals surface area contributed by atoms with Gasteiger partial charge in [-0.05, 0) is 38.6 Å². The highest BCUT2D eigenvalue weighted by Gasteiger charge is 2.42. The SMILES string of the molecule is CCCOC1CCCN(C2(CN)CCS(=O)(=O)CC2)C1. The topological polar surface area (TPSA) is 72.6 Å². The van der Waals surface area contributed by atoms with E-state index < -0.39 is 9.84 Å². The fourth-order valence-electron chi connectivity index (χ4n) is 3.36. The number of rotatable bonds is 5. The van der Waals surface area contributed by atoms with Gasteiger partial charge in [0.15, 0.2) is 0 Å². The molecule has 0 aromatic carbocycles. The van der Waals surface area contributed by atoms with Crippen molar-refractivity contribution in [2.45, 2.75) is 50.7 Å². The number of nitrogens with zero attached hydrogens (tertiary/aromatic N) is 1. The smallest absolute Gasteiger partial charge is 0.150 e. The highest BCUT2D eigenvalue weighted by molar-refractivity contribution is 7.91. The van der Waals surface area contributed by atoms with Gasteiger partial charge >= 0.3 is 0 Å². The minimum Gasteiger partial charge on any atom is -0.377 e. The standard InChI is InChI=1S/C14H28N2O3S/c1-2-8-19-13-4-3-7-16(11-13)14(12-15)5-9-20(17,18)10-6-14/h13H,2-12,15H2,1H3. The predicted octanol–water partition coefficient (Wildman–Crippen LogP) is 0.784. The predicted molar refractivity (Wildman–Crippen MR) is 80.5 cm³/mol. The van der Waals surface area contributed by atoms with Crippen LogP contribution in [0.3, 0.4) is 0 Å². The second-order valence-corrected chi connectivity index (χ2v) is 8.46. The molecule has 0 spiro atoms. The summed E-state index contributed by atoms with van der Waals surface area (Å²) in [6.07, 6.45) is 4.89. The number of sulfone groups is 1. The van der Waals surface area contributed by atoms with E-state index in [1.54, 1.807) is 0 Å². The van der Waals surface area contributed by atoms with E-state index in [1.807, 2.05) is 0 Å². The quantitative estimate of drug-likeness (QED) is 0.813. The van der Waals surface area contributed by atoms with Crippen LogP contribution < -0.4 is 5.73 Å². The molecule has 0 aromatic heterocycles. The zero-order valence-corrected chi connectivity index (χ0v) is 13.3. The molecule has 5 nitrogen and oxygen atoms in total. The molecule has 2 saturated heterocycles. The second-order valence-electron chi connectivity index (χ2n) is 6.16. The van der Waals surface area contributed by atoms with Crippen molar-refractivity contribution in [3.8, 4) is 0 Å². The molecule has 1 unspecified atom stereocenters. The summed E-state index contributed by atoms with van der Waals surface area (Å²) in [5.41, 5.74) is 5.90. The summed E-state index contributed by atoms with van der Waals surface area (Å²) in [7, 11) is -2.84. The van der Waals surface area contributed by atoms with Gasteiger partial charge in [0.25, 0.3) is 0 Å². The van der Waals surface area contributed by atoms with Gasteiger partial charge in [-0.15, -0.1) is 0 Å². The monoisotopic (exact) mass is 304 g/mol. The Hall–Kier alpha value is -0.170. The minimum absolute atomic E-state index is 0.125. The average Bonchev–Trinajstić information content (AvgIpc) is 2.46. The summed E-state index contributed by atoms with van der Waals surface area (Å²) in [6.45, 7) is 5.39. The van der Waals surface area contributed by atoms with Gasteiger partial charge in [-0.3, -0.25) is 4.90 Å². The number of nitrogens with two attached hydrogens (primary N) is 1. The summed E-state index contributed by atoms with van der Waals surface area (Å²) in [5.74, 6) is 0.558. The van der Waals surface area contributed by atoms with E-state index in [0.717, 1.165) is 39.0 Å². The zero-order chi connectivity index (χ0) is 14.6. The third kappa shape index (κ3) is 3.72. The molecule has 118 valence electrons. The minimum atomic E-state index is -2.84. The van der Waals surface area contributed by atoms with Gasteiger partial charge in [0.2, 0.25) is 0 Å². The third-order valence-electron chi connectivity index (χ3n) is 4.74. The third-order valence-corrected chi connectivity index (χ3v) is 6.40. The highest BCUT2D eigenvalue weighted by Crippen LogP contribution is 2.32. The lowest BCUT2D eigenvalue weighted by atomic mass is 9.87. The molecule has 2 fully saturated rings. The van der Waals surface area contributed by atoms with E-state index in [2.05, 4.69) is 11.8 Å². The molecule has 0 saturated carbocycles. The Morgan fingerprint density at radius 1 is 1.35 bits per heavy atom. The first-order valence-electron chi connectivity index (χ1n) is 7.78. The highest BCUT2D eigenvalue weighted by atomic mass is 32.2. The molecule has 0 amide bonds. The van der Waals surface area contributed by atoms with Gasteiger partial charge in [0.1, 0.15) is 9.84 Å². The number of likely N-dealkylation sites (tertiary alicyclic amines) is 1. The van der Waals surface area contributed by atoms with E-state index in [9.17, 15) is 8.42 Å². The summed E-state index contributed by atoms with van der Waals surface area (Å²) in [5, 5.41) is 0. The lowest BCUT2D eigenvalue weighted by molar-refractivity contribution is -0.0392. The van der Waals surface area contributed by atoms with Crippen molar-refractivity contribution >= 4 is 9.84 Å². The van der Waals surface area contributed by atoms with Crippen molar-refractivity contribution in [2.75, 3.05) is 37.7 Å². The molecule has 2 N–H and O–H groups in total. The summed E-state index contributed by atoms with van der Waals surface area (Å²) >= 11 is 0. The molecule has 2 rings (SSSR count). The normalized spacial score (nSPS) is 30.2. The van der Waals surface area contributed by atoms with Crippen molar-refractivity contribution < 1.29 is 13.2 Å². The number of hydrogen-bond donors (Lipinski definition) is 1. The van der Waals surface area contributed by atoms with Crippen molar-refractivity contribution in [1.82, 2.24) is 4.90 Å². The maximum atomic E-state index is 11.7. The van der Waals surface area contributed by atoms with E-state index in [4.69, 9.17) is 10.5 Å². The Bertz CT molecular complexity index is 397. The first-order valence-corrected chi connectivity index (χ1v) is 9.61. The van der Waals surface area contributed by atoms with Crippen LogP contribution in [-0.2, 0) is 14.6 Å². The number of ether oxygens (including phenoxy) is 1. The van der Waals surface area contributed by atoms with E-state index in [1.165, 1.54) is 0 Å². The van der Waals surface area contributed by atoms with Crippen LogP contribution in [0.4, 0.5) is 0 Å². The maximum Gasteiger partial charge on any atom is 0.150 e. The van der Waals surface area contributed by atoms with Crippen molar-refractivity contribution in [3.63, 3.8) is 0 Å². The summed E-state index contributed by atoms with van der Waals surface area (Å²) < 4.78 is 29.2. The van der Waals surface area contributed by atoms with Crippen LogP contribution in [0.5, 0.6) is 0 Å². The van der Waals surface area contributed by atoms with E-state index in [0.29, 0.717) is 19.4 Å². The Kier molecular flexibility index (Phi) is 5.45. The fourth-order valence-corrected chi connectivity index (χ4v) is 4.94. The fraction of sp³-hybridized carbons (Fsp3) is 1.00. The molecule has 1 atom stereocenters. The average molecular weight is 304 g/mol. The van der Waals surface area contributed by atoms with Gasteiger partial charge in [-0.25, -0.2) is 8.42 Å². The van der Waals surface area contributed by atoms with E-state index in [-0.39, 0.29) is 23.1 Å². The van der Waals surface area contributed by atoms with Crippen LogP contribution in [-0.4, -0.2) is 62.7 Å². The Labute approximate surface area is 122 Å². The van der Waals surface area contributed by atoms with Crippen molar-refractivity contribution in [1.29, 1.82) is 0 Å². The molecule has 2 aliphatic rings. The molecule has 0 aliphatic carbocycles. The van der Waals surface area contributed by atoms with Crippen LogP contribution in [0.15, 0.2) is 0 Å². The van der Waals surface area contributed by atoms with Gasteiger partial charge < -0.3 is 10.5 Å². The molecule has 2 heterocycles. The lowest BCUT2D eigenvalue weighted by Crippen LogP contribution is -2.61. The van der Waals surface area contributed by atoms with Crippen LogP contribution in [0.25, 0.3) is 0 Å². The summed E-state index contributed by atoms with van der Waals surface area (Å²) in [4.78, 5) is 2.41. The number of hydrogen-bond acceptors (Lipinski definition) is 5. The Morgan fingerprint density at radius 2 is 2.05 bits per heavy atom. The van der Waals surface area contributed by atoms with Gasteiger partial charge in [-0.1, -0.05) is 6.92 Å². The van der Waals surface area contributed by atoms with E-state index >= 15 is 0 Å². The Balaban J connectivity index is 2.00. The van der Waals surface area contributed by atoms with Crippen molar-refractivity contribution in [3.05, 3.63) is 0 Å². The number of piperidine rings is 1. The molecule has 6 heteroatoms. The van der Waals surface area contributed by atoms with Gasteiger partial charge in [0, 0.05) is 25.2 Å². The van der Waals surface area contributed by atoms with Crippen LogP contribution >= 0.6 is 0 Å².